The number of nitrogens with one attached hydrogen (secondary N) is 3. The number of nitro groups is 1. The first-order valence-electron chi connectivity index (χ1n) is 14.9. The van der Waals surface area contributed by atoms with Crippen molar-refractivity contribution >= 4 is 63.3 Å². The maximum Gasteiger partial charge on any atom is 0.276 e. The van der Waals surface area contributed by atoms with Crippen molar-refractivity contribution in [3.8, 4) is 6.07 Å². The number of nitriles is 1. The van der Waals surface area contributed by atoms with Gasteiger partial charge in [0.1, 0.15) is 16.8 Å². The predicted molar refractivity (Wildman–Crippen MR) is 184 cm³/mol. The zero-order valence-electron chi connectivity index (χ0n) is 25.6. The fraction of sp³-hybridized carbons (Fsp3) is 0.200. The summed E-state index contributed by atoms with van der Waals surface area (Å²) in [6.07, 6.45) is 4.03. The minimum Gasteiger partial charge on any atom is -0.321 e. The van der Waals surface area contributed by atoms with Gasteiger partial charge in [-0.3, -0.25) is 24.5 Å². The van der Waals surface area contributed by atoms with Crippen LogP contribution in [-0.4, -0.2) is 27.9 Å². The summed E-state index contributed by atoms with van der Waals surface area (Å²) in [5, 5.41) is 29.8. The van der Waals surface area contributed by atoms with Crippen molar-refractivity contribution in [2.45, 2.75) is 43.3 Å². The van der Waals surface area contributed by atoms with Gasteiger partial charge in [-0.1, -0.05) is 43.3 Å². The molecule has 2 atom stereocenters. The highest BCUT2D eigenvalue weighted by Gasteiger charge is 2.26. The molecule has 3 amide bonds. The summed E-state index contributed by atoms with van der Waals surface area (Å²) in [7, 11) is 0. The molecule has 0 spiro atoms. The van der Waals surface area contributed by atoms with Crippen LogP contribution in [0.5, 0.6) is 0 Å². The first-order chi connectivity index (χ1) is 22.6. The molecule has 2 unspecified atom stereocenters. The molecule has 47 heavy (non-hydrogen) atoms. The van der Waals surface area contributed by atoms with Crippen LogP contribution in [0.1, 0.15) is 52.2 Å². The van der Waals surface area contributed by atoms with E-state index in [0.717, 1.165) is 29.7 Å². The third-order valence-corrected chi connectivity index (χ3v) is 9.86. The number of thioether (sulfide) groups is 1. The zero-order chi connectivity index (χ0) is 33.5. The van der Waals surface area contributed by atoms with Crippen molar-refractivity contribution in [1.29, 1.82) is 5.26 Å². The number of nitro benzene ring substituents is 1. The summed E-state index contributed by atoms with van der Waals surface area (Å²) in [5.41, 5.74) is 2.01. The van der Waals surface area contributed by atoms with Gasteiger partial charge in [0.05, 0.1) is 21.3 Å². The van der Waals surface area contributed by atoms with Crippen molar-refractivity contribution in [3.63, 3.8) is 0 Å². The molecule has 0 saturated heterocycles. The molecule has 10 nitrogen and oxygen atoms in total. The monoisotopic (exact) mass is 665 g/mol. The summed E-state index contributed by atoms with van der Waals surface area (Å²) < 4.78 is 0. The summed E-state index contributed by atoms with van der Waals surface area (Å²) in [6.45, 7) is 3.95. The average molecular weight is 666 g/mol. The number of benzene rings is 3. The van der Waals surface area contributed by atoms with Gasteiger partial charge in [0.15, 0.2) is 0 Å². The Balaban J connectivity index is 1.31. The average Bonchev–Trinajstić information content (AvgIpc) is 3.40. The largest absolute Gasteiger partial charge is 0.321 e. The topological polar surface area (TPSA) is 154 Å². The van der Waals surface area contributed by atoms with Crippen LogP contribution < -0.4 is 16.0 Å². The van der Waals surface area contributed by atoms with Gasteiger partial charge in [-0.2, -0.15) is 5.26 Å². The normalized spacial score (nSPS) is 14.7. The van der Waals surface area contributed by atoms with E-state index < -0.39 is 22.0 Å². The number of carbonyl (C=O) groups excluding carboxylic acids is 3. The molecule has 0 radical (unpaired) electrons. The van der Waals surface area contributed by atoms with Crippen LogP contribution in [0.15, 0.2) is 89.5 Å². The van der Waals surface area contributed by atoms with E-state index in [-0.39, 0.29) is 22.9 Å². The predicted octanol–water partition coefficient (Wildman–Crippen LogP) is 7.18. The van der Waals surface area contributed by atoms with E-state index in [1.807, 2.05) is 0 Å². The summed E-state index contributed by atoms with van der Waals surface area (Å²) in [4.78, 5) is 52.6. The van der Waals surface area contributed by atoms with Crippen molar-refractivity contribution in [2.75, 3.05) is 10.6 Å². The molecule has 0 fully saturated rings. The van der Waals surface area contributed by atoms with E-state index in [9.17, 15) is 29.8 Å². The van der Waals surface area contributed by atoms with Gasteiger partial charge in [0.2, 0.25) is 5.91 Å². The zero-order valence-corrected chi connectivity index (χ0v) is 27.2. The van der Waals surface area contributed by atoms with Crippen molar-refractivity contribution in [3.05, 3.63) is 122 Å². The molecular formula is C35H31N5O5S2. The fourth-order valence-electron chi connectivity index (χ4n) is 5.15. The Morgan fingerprint density at radius 3 is 2.55 bits per heavy atom. The number of amides is 3. The number of anilines is 2. The number of rotatable bonds is 10. The van der Waals surface area contributed by atoms with Gasteiger partial charge in [0, 0.05) is 27.1 Å². The van der Waals surface area contributed by atoms with Crippen molar-refractivity contribution < 1.29 is 19.3 Å². The molecule has 1 heterocycles. The molecule has 3 aromatic carbocycles. The molecule has 0 bridgehead atoms. The second-order valence-electron chi connectivity index (χ2n) is 11.1. The fourth-order valence-corrected chi connectivity index (χ4v) is 7.44. The van der Waals surface area contributed by atoms with Gasteiger partial charge < -0.3 is 16.0 Å². The summed E-state index contributed by atoms with van der Waals surface area (Å²) in [5.74, 6) is -0.955. The molecule has 3 N–H and O–H groups in total. The second-order valence-corrected chi connectivity index (χ2v) is 13.6. The van der Waals surface area contributed by atoms with Crippen LogP contribution in [-0.2, 0) is 22.4 Å². The van der Waals surface area contributed by atoms with Crippen LogP contribution in [0, 0.1) is 27.4 Å². The SMILES string of the molecule is CC1CCc2c(sc(NC(=O)C(C)Sc3cccc(NC(=O)/C(=C\c4ccccc4[N+](=O)[O-])NC(=O)c4ccccc4)c3)c2C#N)C1. The lowest BCUT2D eigenvalue weighted by Gasteiger charge is -2.17. The van der Waals surface area contributed by atoms with Gasteiger partial charge in [0.25, 0.3) is 17.5 Å². The lowest BCUT2D eigenvalue weighted by molar-refractivity contribution is -0.385. The number of hydrogen-bond acceptors (Lipinski definition) is 8. The summed E-state index contributed by atoms with van der Waals surface area (Å²) >= 11 is 2.76. The molecule has 5 rings (SSSR count). The highest BCUT2D eigenvalue weighted by atomic mass is 32.2. The number of fused-ring (bicyclic) bond motifs is 1. The van der Waals surface area contributed by atoms with Crippen LogP contribution in [0.3, 0.4) is 0 Å². The molecule has 1 aliphatic carbocycles. The third kappa shape index (κ3) is 8.13. The van der Waals surface area contributed by atoms with Gasteiger partial charge in [-0.15, -0.1) is 23.1 Å². The number of thiophene rings is 1. The second kappa shape index (κ2) is 14.9. The van der Waals surface area contributed by atoms with Crippen LogP contribution in [0.25, 0.3) is 6.08 Å². The molecule has 0 saturated carbocycles. The molecule has 4 aromatic rings. The maximum absolute atomic E-state index is 13.5. The Hall–Kier alpha value is -5.25. The standard InChI is InChI=1S/C35H31N5O5S2/c1-21-15-16-27-28(20-36)35(47-31(27)17-21)39-32(41)22(2)46-26-13-8-12-25(19-26)37-34(43)29(38-33(42)23-9-4-3-5-10-23)18-24-11-6-7-14-30(24)40(44)45/h3-14,18-19,21-22H,15-17H2,1-2H3,(H,37,43)(H,38,42)(H,39,41)/b29-18+. The van der Waals surface area contributed by atoms with Crippen LogP contribution in [0.4, 0.5) is 16.4 Å². The van der Waals surface area contributed by atoms with E-state index in [2.05, 4.69) is 28.9 Å². The molecule has 12 heteroatoms. The minimum atomic E-state index is -0.694. The number of carbonyl (C=O) groups is 3. The molecular weight excluding hydrogens is 635 g/mol. The Bertz CT molecular complexity index is 1910. The Morgan fingerprint density at radius 1 is 1.06 bits per heavy atom. The smallest absolute Gasteiger partial charge is 0.276 e. The van der Waals surface area contributed by atoms with Crippen molar-refractivity contribution in [1.82, 2.24) is 5.32 Å². The van der Waals surface area contributed by atoms with E-state index in [1.165, 1.54) is 47.4 Å². The number of nitrogens with zero attached hydrogens (tertiary/aromatic N) is 2. The Kier molecular flexibility index (Phi) is 10.5. The van der Waals surface area contributed by atoms with E-state index in [0.29, 0.717) is 32.6 Å². The first kappa shape index (κ1) is 33.1. The molecule has 1 aliphatic rings. The highest BCUT2D eigenvalue weighted by Crippen LogP contribution is 2.39. The van der Waals surface area contributed by atoms with E-state index in [1.54, 1.807) is 67.6 Å². The molecule has 238 valence electrons. The van der Waals surface area contributed by atoms with Gasteiger partial charge >= 0.3 is 0 Å². The Labute approximate surface area is 280 Å². The maximum atomic E-state index is 13.5. The van der Waals surface area contributed by atoms with E-state index >= 15 is 0 Å². The first-order valence-corrected chi connectivity index (χ1v) is 16.6. The van der Waals surface area contributed by atoms with Crippen LogP contribution in [0.2, 0.25) is 0 Å². The van der Waals surface area contributed by atoms with E-state index in [4.69, 9.17) is 0 Å². The number of para-hydroxylation sites is 1. The lowest BCUT2D eigenvalue weighted by Crippen LogP contribution is -2.30. The number of hydrogen-bond donors (Lipinski definition) is 3. The Morgan fingerprint density at radius 2 is 1.81 bits per heavy atom. The minimum absolute atomic E-state index is 0.140. The van der Waals surface area contributed by atoms with Gasteiger partial charge in [-0.25, -0.2) is 0 Å². The quantitative estimate of drug-likeness (QED) is 0.0702. The third-order valence-electron chi connectivity index (χ3n) is 7.60. The molecule has 1 aromatic heterocycles. The van der Waals surface area contributed by atoms with Crippen LogP contribution >= 0.6 is 23.1 Å². The molecule has 0 aliphatic heterocycles. The summed E-state index contributed by atoms with van der Waals surface area (Å²) in [6, 6.07) is 23.3. The van der Waals surface area contributed by atoms with Crippen molar-refractivity contribution in [2.24, 2.45) is 5.92 Å². The van der Waals surface area contributed by atoms with Gasteiger partial charge in [-0.05, 0) is 80.1 Å². The highest BCUT2D eigenvalue weighted by molar-refractivity contribution is 8.00. The lowest BCUT2D eigenvalue weighted by atomic mass is 9.89.